The molecule has 0 amide bonds. The van der Waals surface area contributed by atoms with Crippen molar-refractivity contribution in [2.75, 3.05) is 19.6 Å². The van der Waals surface area contributed by atoms with Crippen LogP contribution in [0.15, 0.2) is 0 Å². The van der Waals surface area contributed by atoms with E-state index in [0.717, 1.165) is 25.9 Å². The van der Waals surface area contributed by atoms with Crippen LogP contribution >= 0.6 is 0 Å². The molecule has 1 aliphatic rings. The van der Waals surface area contributed by atoms with E-state index >= 15 is 0 Å². The summed E-state index contributed by atoms with van der Waals surface area (Å²) >= 11 is 0. The van der Waals surface area contributed by atoms with Crippen molar-refractivity contribution in [3.63, 3.8) is 0 Å². The lowest BCUT2D eigenvalue weighted by atomic mass is 10.1. The van der Waals surface area contributed by atoms with Crippen molar-refractivity contribution in [2.45, 2.75) is 32.2 Å². The van der Waals surface area contributed by atoms with E-state index in [9.17, 15) is 4.79 Å². The summed E-state index contributed by atoms with van der Waals surface area (Å²) in [5, 5.41) is 7.51. The zero-order chi connectivity index (χ0) is 8.81. The maximum absolute atomic E-state index is 11.0. The van der Waals surface area contributed by atoms with Gasteiger partial charge in [0.1, 0.15) is 5.78 Å². The maximum atomic E-state index is 11.0. The van der Waals surface area contributed by atoms with Crippen LogP contribution < -0.4 is 10.6 Å². The molecule has 3 nitrogen and oxygen atoms in total. The summed E-state index contributed by atoms with van der Waals surface area (Å²) in [5.74, 6) is 0.303. The number of carbonyl (C=O) groups is 1. The lowest BCUT2D eigenvalue weighted by molar-refractivity contribution is -0.118. The van der Waals surface area contributed by atoms with Crippen LogP contribution in [-0.2, 0) is 4.79 Å². The standard InChI is InChI=1S/C9H17N2O/c1-2-9(12)7-11-8-3-5-10-6-4-8/h8,11H,2-7H2,1H3. The zero-order valence-corrected chi connectivity index (χ0v) is 7.68. The summed E-state index contributed by atoms with van der Waals surface area (Å²) < 4.78 is 0. The van der Waals surface area contributed by atoms with Crippen LogP contribution in [0.3, 0.4) is 0 Å². The molecule has 1 fully saturated rings. The van der Waals surface area contributed by atoms with E-state index in [1.807, 2.05) is 6.92 Å². The van der Waals surface area contributed by atoms with E-state index < -0.39 is 0 Å². The van der Waals surface area contributed by atoms with Gasteiger partial charge in [-0.25, -0.2) is 5.32 Å². The molecule has 1 saturated heterocycles. The van der Waals surface area contributed by atoms with E-state index in [2.05, 4.69) is 10.6 Å². The third-order valence-corrected chi connectivity index (χ3v) is 2.25. The summed E-state index contributed by atoms with van der Waals surface area (Å²) in [7, 11) is 0. The quantitative estimate of drug-likeness (QED) is 0.658. The molecule has 0 saturated carbocycles. The molecular formula is C9H17N2O. The first kappa shape index (κ1) is 9.68. The second-order valence-corrected chi connectivity index (χ2v) is 3.22. The number of ketones is 1. The average molecular weight is 169 g/mol. The molecule has 1 radical (unpaired) electrons. The lowest BCUT2D eigenvalue weighted by Gasteiger charge is -2.22. The number of piperidine rings is 1. The highest BCUT2D eigenvalue weighted by atomic mass is 16.1. The van der Waals surface area contributed by atoms with E-state index in [-0.39, 0.29) is 0 Å². The number of Topliss-reactive ketones (excluding diaryl/α,β-unsaturated/α-hetero) is 1. The van der Waals surface area contributed by atoms with Gasteiger partial charge in [-0.1, -0.05) is 6.92 Å². The van der Waals surface area contributed by atoms with Crippen LogP contribution in [0, 0.1) is 0 Å². The van der Waals surface area contributed by atoms with Crippen molar-refractivity contribution in [2.24, 2.45) is 0 Å². The topological polar surface area (TPSA) is 43.2 Å². The average Bonchev–Trinajstić information content (AvgIpc) is 2.16. The number of nitrogens with one attached hydrogen (secondary N) is 1. The van der Waals surface area contributed by atoms with Gasteiger partial charge in [0.2, 0.25) is 0 Å². The Kier molecular flexibility index (Phi) is 4.25. The molecule has 1 aliphatic heterocycles. The summed E-state index contributed by atoms with van der Waals surface area (Å²) in [4.78, 5) is 11.0. The third-order valence-electron chi connectivity index (χ3n) is 2.25. The number of hydrogen-bond donors (Lipinski definition) is 1. The Morgan fingerprint density at radius 2 is 2.17 bits per heavy atom. The Balaban J connectivity index is 2.09. The first-order chi connectivity index (χ1) is 5.83. The van der Waals surface area contributed by atoms with Crippen LogP contribution in [0.4, 0.5) is 0 Å². The number of carbonyl (C=O) groups excluding carboxylic acids is 1. The molecule has 0 unspecified atom stereocenters. The summed E-state index contributed by atoms with van der Waals surface area (Å²) in [6, 6.07) is 0.526. The van der Waals surface area contributed by atoms with Gasteiger partial charge in [0.05, 0.1) is 6.54 Å². The molecule has 1 N–H and O–H groups in total. The van der Waals surface area contributed by atoms with Crippen LogP contribution in [-0.4, -0.2) is 31.5 Å². The first-order valence-electron chi connectivity index (χ1n) is 4.71. The fourth-order valence-electron chi connectivity index (χ4n) is 1.34. The van der Waals surface area contributed by atoms with Crippen molar-refractivity contribution < 1.29 is 4.79 Å². The third kappa shape index (κ3) is 3.32. The van der Waals surface area contributed by atoms with Gasteiger partial charge in [-0.15, -0.1) is 0 Å². The molecule has 0 aliphatic carbocycles. The second-order valence-electron chi connectivity index (χ2n) is 3.22. The predicted molar refractivity (Wildman–Crippen MR) is 48.2 cm³/mol. The van der Waals surface area contributed by atoms with Crippen LogP contribution in [0.1, 0.15) is 26.2 Å². The fourth-order valence-corrected chi connectivity index (χ4v) is 1.34. The summed E-state index contributed by atoms with van der Waals surface area (Å²) in [5.41, 5.74) is 0. The maximum Gasteiger partial charge on any atom is 0.146 e. The minimum absolute atomic E-state index is 0.303. The minimum atomic E-state index is 0.303. The normalized spacial score (nSPS) is 19.4. The molecule has 1 rings (SSSR count). The second kappa shape index (κ2) is 5.27. The lowest BCUT2D eigenvalue weighted by Crippen LogP contribution is -2.39. The fraction of sp³-hybridized carbons (Fsp3) is 0.889. The zero-order valence-electron chi connectivity index (χ0n) is 7.68. The number of nitrogens with zero attached hydrogens (tertiary/aromatic N) is 1. The predicted octanol–water partition coefficient (Wildman–Crippen LogP) is 0.322. The van der Waals surface area contributed by atoms with E-state index in [1.54, 1.807) is 0 Å². The molecule has 69 valence electrons. The SMILES string of the molecule is CCC(=O)CNC1CC[N]CC1. The Bertz CT molecular complexity index is 141. The van der Waals surface area contributed by atoms with Gasteiger partial charge in [0, 0.05) is 25.6 Å². The Hall–Kier alpha value is -0.410. The molecule has 1 heterocycles. The van der Waals surface area contributed by atoms with Gasteiger partial charge in [0.25, 0.3) is 0 Å². The molecule has 0 aromatic rings. The minimum Gasteiger partial charge on any atom is -0.307 e. The summed E-state index contributed by atoms with van der Waals surface area (Å²) in [6.45, 7) is 4.36. The number of hydrogen-bond acceptors (Lipinski definition) is 2. The largest absolute Gasteiger partial charge is 0.307 e. The number of rotatable bonds is 4. The van der Waals surface area contributed by atoms with Crippen molar-refractivity contribution >= 4 is 5.78 Å². The Labute approximate surface area is 73.9 Å². The van der Waals surface area contributed by atoms with Gasteiger partial charge in [0.15, 0.2) is 0 Å². The first-order valence-corrected chi connectivity index (χ1v) is 4.71. The van der Waals surface area contributed by atoms with Gasteiger partial charge in [-0.05, 0) is 12.8 Å². The van der Waals surface area contributed by atoms with Gasteiger partial charge < -0.3 is 5.32 Å². The van der Waals surface area contributed by atoms with Crippen molar-refractivity contribution in [3.05, 3.63) is 0 Å². The molecule has 0 aromatic carbocycles. The molecular weight excluding hydrogens is 152 g/mol. The van der Waals surface area contributed by atoms with E-state index in [1.165, 1.54) is 0 Å². The smallest absolute Gasteiger partial charge is 0.146 e. The van der Waals surface area contributed by atoms with E-state index in [0.29, 0.717) is 24.8 Å². The van der Waals surface area contributed by atoms with Gasteiger partial charge in [-0.2, -0.15) is 0 Å². The van der Waals surface area contributed by atoms with Crippen LogP contribution in [0.2, 0.25) is 0 Å². The highest BCUT2D eigenvalue weighted by Crippen LogP contribution is 2.02. The van der Waals surface area contributed by atoms with Gasteiger partial charge in [-0.3, -0.25) is 4.79 Å². The van der Waals surface area contributed by atoms with Gasteiger partial charge >= 0.3 is 0 Å². The molecule has 12 heavy (non-hydrogen) atoms. The van der Waals surface area contributed by atoms with Crippen LogP contribution in [0.25, 0.3) is 0 Å². The Morgan fingerprint density at radius 3 is 2.75 bits per heavy atom. The molecule has 0 bridgehead atoms. The molecule has 3 heteroatoms. The highest BCUT2D eigenvalue weighted by Gasteiger charge is 2.13. The molecule has 0 spiro atoms. The monoisotopic (exact) mass is 169 g/mol. The van der Waals surface area contributed by atoms with Crippen molar-refractivity contribution in [1.82, 2.24) is 10.6 Å². The molecule has 0 atom stereocenters. The highest BCUT2D eigenvalue weighted by molar-refractivity contribution is 5.80. The summed E-state index contributed by atoms with van der Waals surface area (Å²) in [6.07, 6.45) is 2.83. The van der Waals surface area contributed by atoms with E-state index in [4.69, 9.17) is 0 Å². The van der Waals surface area contributed by atoms with Crippen LogP contribution in [0.5, 0.6) is 0 Å². The van der Waals surface area contributed by atoms with Crippen molar-refractivity contribution in [1.29, 1.82) is 0 Å². The van der Waals surface area contributed by atoms with Crippen molar-refractivity contribution in [3.8, 4) is 0 Å². The molecule has 0 aromatic heterocycles. The Morgan fingerprint density at radius 1 is 1.50 bits per heavy atom.